The fraction of sp³-hybridized carbons (Fsp3) is 0.0909. The highest BCUT2D eigenvalue weighted by Crippen LogP contribution is 2.26. The first-order valence-electron chi connectivity index (χ1n) is 4.84. The van der Waals surface area contributed by atoms with Crippen molar-refractivity contribution in [3.63, 3.8) is 0 Å². The predicted molar refractivity (Wildman–Crippen MR) is 59.9 cm³/mol. The van der Waals surface area contributed by atoms with Crippen LogP contribution in [0, 0.1) is 0 Å². The second-order valence-corrected chi connectivity index (χ2v) is 4.74. The summed E-state index contributed by atoms with van der Waals surface area (Å²) in [4.78, 5) is 7.37. The zero-order chi connectivity index (χ0) is 13.2. The van der Waals surface area contributed by atoms with Gasteiger partial charge in [-0.2, -0.15) is 13.2 Å². The van der Waals surface area contributed by atoms with Crippen molar-refractivity contribution in [1.82, 2.24) is 9.97 Å². The van der Waals surface area contributed by atoms with Crippen LogP contribution in [0.2, 0.25) is 0 Å². The molecule has 1 unspecified atom stereocenters. The molecule has 0 bridgehead atoms. The molecule has 18 heavy (non-hydrogen) atoms. The van der Waals surface area contributed by atoms with Gasteiger partial charge in [-0.1, -0.05) is 30.3 Å². The van der Waals surface area contributed by atoms with Gasteiger partial charge in [-0.15, -0.1) is 0 Å². The molecule has 2 aromatic rings. The Kier molecular flexibility index (Phi) is 3.42. The zero-order valence-corrected chi connectivity index (χ0v) is 9.70. The van der Waals surface area contributed by atoms with Crippen molar-refractivity contribution in [2.24, 2.45) is 0 Å². The van der Waals surface area contributed by atoms with Crippen molar-refractivity contribution in [3.05, 3.63) is 42.7 Å². The van der Waals surface area contributed by atoms with E-state index in [0.717, 1.165) is 6.20 Å². The summed E-state index contributed by atoms with van der Waals surface area (Å²) >= 11 is 0. The summed E-state index contributed by atoms with van der Waals surface area (Å²) in [5, 5.41) is -0.594. The van der Waals surface area contributed by atoms with Crippen LogP contribution < -0.4 is 0 Å². The molecule has 1 aromatic heterocycles. The first kappa shape index (κ1) is 12.7. The molecule has 7 heteroatoms. The van der Waals surface area contributed by atoms with Gasteiger partial charge >= 0.3 is 5.51 Å². The molecule has 2 rings (SSSR count). The van der Waals surface area contributed by atoms with E-state index in [-0.39, 0.29) is 5.69 Å². The highest BCUT2D eigenvalue weighted by Gasteiger charge is 2.39. The molecule has 3 nitrogen and oxygen atoms in total. The van der Waals surface area contributed by atoms with Gasteiger partial charge in [0.15, 0.2) is 15.8 Å². The van der Waals surface area contributed by atoms with E-state index in [1.807, 2.05) is 0 Å². The summed E-state index contributed by atoms with van der Waals surface area (Å²) in [7, 11) is -3.16. The predicted octanol–water partition coefficient (Wildman–Crippen LogP) is 2.77. The minimum Gasteiger partial charge on any atom is -0.260 e. The lowest BCUT2D eigenvalue weighted by Crippen LogP contribution is -2.17. The standard InChI is InChI=1S/C11H7F3N2OS/c12-11(13,14)18(17)10-7-15-6-9(16-10)8-4-2-1-3-5-8/h1-7H. The van der Waals surface area contributed by atoms with Gasteiger partial charge in [0, 0.05) is 5.56 Å². The molecule has 0 spiro atoms. The van der Waals surface area contributed by atoms with Gasteiger partial charge < -0.3 is 0 Å². The van der Waals surface area contributed by atoms with Crippen molar-refractivity contribution in [1.29, 1.82) is 0 Å². The van der Waals surface area contributed by atoms with Crippen LogP contribution in [0.25, 0.3) is 11.3 Å². The van der Waals surface area contributed by atoms with Gasteiger partial charge in [0.05, 0.1) is 18.1 Å². The van der Waals surface area contributed by atoms with Crippen molar-refractivity contribution < 1.29 is 17.4 Å². The van der Waals surface area contributed by atoms with Crippen molar-refractivity contribution in [2.75, 3.05) is 0 Å². The maximum absolute atomic E-state index is 12.3. The molecule has 1 aromatic carbocycles. The van der Waals surface area contributed by atoms with Gasteiger partial charge in [-0.05, 0) is 0 Å². The van der Waals surface area contributed by atoms with Gasteiger partial charge in [0.1, 0.15) is 0 Å². The van der Waals surface area contributed by atoms with Crippen LogP contribution in [0.5, 0.6) is 0 Å². The first-order chi connectivity index (χ1) is 8.48. The molecule has 1 heterocycles. The highest BCUT2D eigenvalue weighted by atomic mass is 32.2. The van der Waals surface area contributed by atoms with Crippen molar-refractivity contribution in [2.45, 2.75) is 10.5 Å². The molecule has 94 valence electrons. The maximum Gasteiger partial charge on any atom is 0.477 e. The lowest BCUT2D eigenvalue weighted by Gasteiger charge is -2.06. The third-order valence-corrected chi connectivity index (χ3v) is 3.08. The van der Waals surface area contributed by atoms with E-state index in [0.29, 0.717) is 5.56 Å². The van der Waals surface area contributed by atoms with Crippen LogP contribution in [0.1, 0.15) is 0 Å². The molecular weight excluding hydrogens is 265 g/mol. The fourth-order valence-electron chi connectivity index (χ4n) is 1.30. The largest absolute Gasteiger partial charge is 0.477 e. The molecule has 1 atom stereocenters. The average Bonchev–Trinajstić information content (AvgIpc) is 2.38. The lowest BCUT2D eigenvalue weighted by molar-refractivity contribution is -0.0386. The third-order valence-electron chi connectivity index (χ3n) is 2.08. The van der Waals surface area contributed by atoms with E-state index in [1.54, 1.807) is 30.3 Å². The molecule has 0 aliphatic rings. The van der Waals surface area contributed by atoms with Crippen LogP contribution in [0.4, 0.5) is 13.2 Å². The zero-order valence-electron chi connectivity index (χ0n) is 8.89. The Balaban J connectivity index is 2.41. The fourth-order valence-corrected chi connectivity index (χ4v) is 1.88. The first-order valence-corrected chi connectivity index (χ1v) is 5.99. The molecule has 0 fully saturated rings. The van der Waals surface area contributed by atoms with E-state index in [2.05, 4.69) is 9.97 Å². The Morgan fingerprint density at radius 1 is 1.06 bits per heavy atom. The summed E-state index contributed by atoms with van der Waals surface area (Å²) in [6, 6.07) is 8.60. The smallest absolute Gasteiger partial charge is 0.260 e. The van der Waals surface area contributed by atoms with Gasteiger partial charge in [-0.25, -0.2) is 9.19 Å². The van der Waals surface area contributed by atoms with Gasteiger partial charge in [0.25, 0.3) is 0 Å². The molecular formula is C11H7F3N2OS. The second kappa shape index (κ2) is 4.85. The van der Waals surface area contributed by atoms with E-state index < -0.39 is 21.3 Å². The lowest BCUT2D eigenvalue weighted by atomic mass is 10.2. The number of nitrogens with zero attached hydrogens (tertiary/aromatic N) is 2. The van der Waals surface area contributed by atoms with E-state index >= 15 is 0 Å². The minimum absolute atomic E-state index is 0.255. The van der Waals surface area contributed by atoms with Crippen LogP contribution >= 0.6 is 0 Å². The minimum atomic E-state index is -4.83. The molecule has 0 saturated carbocycles. The SMILES string of the molecule is O=S(c1cncc(-c2ccccc2)n1)C(F)(F)F. The topological polar surface area (TPSA) is 42.9 Å². The Hall–Kier alpha value is -1.76. The van der Waals surface area contributed by atoms with Crippen LogP contribution in [0.3, 0.4) is 0 Å². The van der Waals surface area contributed by atoms with Crippen molar-refractivity contribution in [3.8, 4) is 11.3 Å². The molecule has 0 aliphatic heterocycles. The second-order valence-electron chi connectivity index (χ2n) is 3.32. The maximum atomic E-state index is 12.3. The summed E-state index contributed by atoms with van der Waals surface area (Å²) < 4.78 is 48.0. The Labute approximate surface area is 103 Å². The molecule has 0 aliphatic carbocycles. The number of hydrogen-bond donors (Lipinski definition) is 0. The van der Waals surface area contributed by atoms with Crippen LogP contribution in [0.15, 0.2) is 47.8 Å². The molecule has 0 N–H and O–H groups in total. The summed E-state index contributed by atoms with van der Waals surface area (Å²) in [6.07, 6.45) is 2.18. The van der Waals surface area contributed by atoms with Gasteiger partial charge in [0.2, 0.25) is 0 Å². The quantitative estimate of drug-likeness (QED) is 0.844. The Morgan fingerprint density at radius 3 is 2.33 bits per heavy atom. The number of rotatable bonds is 2. The average molecular weight is 272 g/mol. The number of aromatic nitrogens is 2. The van der Waals surface area contributed by atoms with Crippen LogP contribution in [-0.2, 0) is 10.8 Å². The number of alkyl halides is 3. The number of hydrogen-bond acceptors (Lipinski definition) is 3. The molecule has 0 amide bonds. The van der Waals surface area contributed by atoms with Crippen molar-refractivity contribution >= 4 is 10.8 Å². The van der Waals surface area contributed by atoms with Crippen LogP contribution in [-0.4, -0.2) is 19.7 Å². The van der Waals surface area contributed by atoms with E-state index in [9.17, 15) is 17.4 Å². The molecule has 0 radical (unpaired) electrons. The third kappa shape index (κ3) is 2.73. The van der Waals surface area contributed by atoms with Gasteiger partial charge in [-0.3, -0.25) is 4.98 Å². The Morgan fingerprint density at radius 2 is 1.72 bits per heavy atom. The Bertz CT molecular complexity index is 572. The normalized spacial score (nSPS) is 13.3. The molecule has 0 saturated heterocycles. The summed E-state index contributed by atoms with van der Waals surface area (Å²) in [6.45, 7) is 0. The number of halogens is 3. The van der Waals surface area contributed by atoms with E-state index in [1.165, 1.54) is 6.20 Å². The number of benzene rings is 1. The highest BCUT2D eigenvalue weighted by molar-refractivity contribution is 7.85. The summed E-state index contributed by atoms with van der Waals surface area (Å²) in [5.41, 5.74) is -3.96. The summed E-state index contributed by atoms with van der Waals surface area (Å²) in [5.74, 6) is 0. The monoisotopic (exact) mass is 272 g/mol. The van der Waals surface area contributed by atoms with E-state index in [4.69, 9.17) is 0 Å².